The fourth-order valence-electron chi connectivity index (χ4n) is 2.49. The van der Waals surface area contributed by atoms with Gasteiger partial charge in [-0.2, -0.15) is 0 Å². The van der Waals surface area contributed by atoms with Crippen molar-refractivity contribution in [1.82, 2.24) is 4.57 Å². The van der Waals surface area contributed by atoms with Crippen molar-refractivity contribution in [2.45, 2.75) is 85.2 Å². The Morgan fingerprint density at radius 2 is 1.67 bits per heavy atom. The van der Waals surface area contributed by atoms with Crippen LogP contribution in [0.5, 0.6) is 0 Å². The van der Waals surface area contributed by atoms with Gasteiger partial charge in [0, 0.05) is 6.42 Å². The lowest BCUT2D eigenvalue weighted by Gasteiger charge is -2.04. The highest BCUT2D eigenvalue weighted by molar-refractivity contribution is 4.83. The van der Waals surface area contributed by atoms with E-state index in [1.807, 2.05) is 0 Å². The predicted octanol–water partition coefficient (Wildman–Crippen LogP) is 4.11. The predicted molar refractivity (Wildman–Crippen MR) is 77.7 cm³/mol. The first-order chi connectivity index (χ1) is 8.83. The molecule has 2 heteroatoms. The van der Waals surface area contributed by atoms with Crippen molar-refractivity contribution in [3.63, 3.8) is 0 Å². The fourth-order valence-corrected chi connectivity index (χ4v) is 2.49. The monoisotopic (exact) mass is 251 g/mol. The Hall–Kier alpha value is -0.790. The standard InChI is InChI=1S/C16H31N2/c1-4-7-9-10-11-12-16-17(6-3)14-15-18(16)13-8-5-2/h14-15H,4-13H2,1-3H3/q+1. The highest BCUT2D eigenvalue weighted by Crippen LogP contribution is 2.07. The van der Waals surface area contributed by atoms with Crippen molar-refractivity contribution in [2.24, 2.45) is 0 Å². The SMILES string of the molecule is CCCCCCCc1n(CC)cc[n+]1CCCC. The Bertz CT molecular complexity index is 315. The summed E-state index contributed by atoms with van der Waals surface area (Å²) < 4.78 is 4.88. The van der Waals surface area contributed by atoms with E-state index in [4.69, 9.17) is 0 Å². The van der Waals surface area contributed by atoms with Crippen LogP contribution in [0.25, 0.3) is 0 Å². The van der Waals surface area contributed by atoms with Gasteiger partial charge in [0.05, 0.1) is 13.1 Å². The van der Waals surface area contributed by atoms with Gasteiger partial charge in [-0.15, -0.1) is 0 Å². The van der Waals surface area contributed by atoms with Gasteiger partial charge in [-0.25, -0.2) is 9.13 Å². The molecule has 0 aromatic carbocycles. The van der Waals surface area contributed by atoms with Gasteiger partial charge in [-0.1, -0.05) is 46.0 Å². The first kappa shape index (κ1) is 15.3. The number of unbranched alkanes of at least 4 members (excludes halogenated alkanes) is 5. The first-order valence-corrected chi connectivity index (χ1v) is 7.90. The molecule has 1 aromatic rings. The van der Waals surface area contributed by atoms with Gasteiger partial charge in [0.25, 0.3) is 5.82 Å². The molecule has 0 aliphatic rings. The summed E-state index contributed by atoms with van der Waals surface area (Å²) in [6.07, 6.45) is 15.2. The zero-order chi connectivity index (χ0) is 13.2. The highest BCUT2D eigenvalue weighted by Gasteiger charge is 2.14. The molecule has 1 rings (SSSR count). The van der Waals surface area contributed by atoms with Crippen LogP contribution in [0, 0.1) is 0 Å². The maximum absolute atomic E-state index is 2.47. The smallest absolute Gasteiger partial charge is 0.235 e. The van der Waals surface area contributed by atoms with Gasteiger partial charge in [-0.05, 0) is 19.8 Å². The Morgan fingerprint density at radius 1 is 0.944 bits per heavy atom. The molecule has 2 nitrogen and oxygen atoms in total. The molecule has 104 valence electrons. The van der Waals surface area contributed by atoms with Gasteiger partial charge in [0.2, 0.25) is 0 Å². The second-order valence-electron chi connectivity index (χ2n) is 5.21. The molecule has 0 spiro atoms. The van der Waals surface area contributed by atoms with Crippen LogP contribution in [0.3, 0.4) is 0 Å². The van der Waals surface area contributed by atoms with Crippen LogP contribution in [0.4, 0.5) is 0 Å². The van der Waals surface area contributed by atoms with Crippen molar-refractivity contribution in [3.8, 4) is 0 Å². The number of hydrogen-bond donors (Lipinski definition) is 0. The molecule has 0 radical (unpaired) electrons. The number of nitrogens with zero attached hydrogens (tertiary/aromatic N) is 2. The van der Waals surface area contributed by atoms with Crippen LogP contribution >= 0.6 is 0 Å². The van der Waals surface area contributed by atoms with E-state index in [9.17, 15) is 0 Å². The number of aromatic nitrogens is 2. The second-order valence-corrected chi connectivity index (χ2v) is 5.21. The fraction of sp³-hybridized carbons (Fsp3) is 0.812. The lowest BCUT2D eigenvalue weighted by molar-refractivity contribution is -0.704. The van der Waals surface area contributed by atoms with E-state index in [0.29, 0.717) is 0 Å². The third kappa shape index (κ3) is 4.83. The van der Waals surface area contributed by atoms with E-state index in [1.54, 1.807) is 0 Å². The van der Waals surface area contributed by atoms with E-state index in [0.717, 1.165) is 6.54 Å². The Labute approximate surface area is 113 Å². The second kappa shape index (κ2) is 9.18. The van der Waals surface area contributed by atoms with Gasteiger partial charge >= 0.3 is 0 Å². The molecule has 0 bridgehead atoms. The van der Waals surface area contributed by atoms with Crippen LogP contribution in [0.1, 0.15) is 71.5 Å². The quantitative estimate of drug-likeness (QED) is 0.437. The van der Waals surface area contributed by atoms with Crippen molar-refractivity contribution >= 4 is 0 Å². The average Bonchev–Trinajstić information content (AvgIpc) is 2.78. The molecule has 0 fully saturated rings. The molecular formula is C16H31N2+. The van der Waals surface area contributed by atoms with Crippen LogP contribution in [0.2, 0.25) is 0 Å². The average molecular weight is 251 g/mol. The van der Waals surface area contributed by atoms with Gasteiger partial charge in [-0.3, -0.25) is 0 Å². The zero-order valence-corrected chi connectivity index (χ0v) is 12.6. The van der Waals surface area contributed by atoms with Crippen LogP contribution in [-0.4, -0.2) is 4.57 Å². The summed E-state index contributed by atoms with van der Waals surface area (Å²) in [5, 5.41) is 0. The van der Waals surface area contributed by atoms with Crippen molar-refractivity contribution < 1.29 is 4.57 Å². The summed E-state index contributed by atoms with van der Waals surface area (Å²) >= 11 is 0. The molecule has 0 amide bonds. The molecular weight excluding hydrogens is 220 g/mol. The Morgan fingerprint density at radius 3 is 2.33 bits per heavy atom. The third-order valence-electron chi connectivity index (χ3n) is 3.69. The van der Waals surface area contributed by atoms with E-state index in [-0.39, 0.29) is 0 Å². The van der Waals surface area contributed by atoms with Crippen molar-refractivity contribution in [1.29, 1.82) is 0 Å². The molecule has 18 heavy (non-hydrogen) atoms. The maximum atomic E-state index is 2.47. The van der Waals surface area contributed by atoms with Crippen LogP contribution < -0.4 is 4.57 Å². The Balaban J connectivity index is 2.46. The van der Waals surface area contributed by atoms with Gasteiger partial charge in [0.15, 0.2) is 0 Å². The number of aryl methyl sites for hydroxylation is 2. The Kier molecular flexibility index (Phi) is 7.79. The van der Waals surface area contributed by atoms with Crippen molar-refractivity contribution in [3.05, 3.63) is 18.2 Å². The summed E-state index contributed by atoms with van der Waals surface area (Å²) in [6.45, 7) is 9.07. The molecule has 1 heterocycles. The molecule has 0 N–H and O–H groups in total. The minimum absolute atomic E-state index is 1.10. The largest absolute Gasteiger partial charge is 0.256 e. The van der Waals surface area contributed by atoms with E-state index in [2.05, 4.69) is 42.3 Å². The summed E-state index contributed by atoms with van der Waals surface area (Å²) in [6, 6.07) is 0. The maximum Gasteiger partial charge on any atom is 0.256 e. The molecule has 0 saturated carbocycles. The number of rotatable bonds is 10. The zero-order valence-electron chi connectivity index (χ0n) is 12.6. The van der Waals surface area contributed by atoms with Gasteiger partial charge < -0.3 is 0 Å². The third-order valence-corrected chi connectivity index (χ3v) is 3.69. The van der Waals surface area contributed by atoms with Crippen molar-refractivity contribution in [2.75, 3.05) is 0 Å². The summed E-state index contributed by atoms with van der Waals surface area (Å²) in [5.74, 6) is 1.53. The lowest BCUT2D eigenvalue weighted by atomic mass is 10.1. The van der Waals surface area contributed by atoms with E-state index >= 15 is 0 Å². The number of hydrogen-bond acceptors (Lipinski definition) is 0. The summed E-state index contributed by atoms with van der Waals surface area (Å²) in [4.78, 5) is 0. The van der Waals surface area contributed by atoms with E-state index < -0.39 is 0 Å². The molecule has 1 aromatic heterocycles. The lowest BCUT2D eigenvalue weighted by Crippen LogP contribution is -2.37. The molecule has 0 unspecified atom stereocenters. The normalized spacial score (nSPS) is 11.1. The highest BCUT2D eigenvalue weighted by atomic mass is 15.1. The molecule has 0 aliphatic carbocycles. The number of imidazole rings is 1. The van der Waals surface area contributed by atoms with Crippen LogP contribution in [-0.2, 0) is 19.5 Å². The minimum atomic E-state index is 1.10. The van der Waals surface area contributed by atoms with Crippen LogP contribution in [0.15, 0.2) is 12.4 Å². The molecule has 0 saturated heterocycles. The van der Waals surface area contributed by atoms with E-state index in [1.165, 1.54) is 63.7 Å². The molecule has 0 atom stereocenters. The summed E-state index contributed by atoms with van der Waals surface area (Å²) in [7, 11) is 0. The van der Waals surface area contributed by atoms with Gasteiger partial charge in [0.1, 0.15) is 12.4 Å². The first-order valence-electron chi connectivity index (χ1n) is 7.90. The minimum Gasteiger partial charge on any atom is -0.235 e. The topological polar surface area (TPSA) is 8.81 Å². The summed E-state index contributed by atoms with van der Waals surface area (Å²) in [5.41, 5.74) is 0. The molecule has 0 aliphatic heterocycles.